The van der Waals surface area contributed by atoms with Gasteiger partial charge >= 0.3 is 0 Å². The number of carbonyl (C=O) groups is 1. The molecule has 4 nitrogen and oxygen atoms in total. The van der Waals surface area contributed by atoms with Gasteiger partial charge < -0.3 is 9.32 Å². The normalized spacial score (nSPS) is 11.1. The molecule has 0 saturated heterocycles. The number of fused-ring (bicyclic) bond motifs is 1. The number of carbonyl (C=O) groups excluding carboxylic acids is 1. The van der Waals surface area contributed by atoms with Crippen LogP contribution < -0.4 is 0 Å². The first kappa shape index (κ1) is 20.1. The van der Waals surface area contributed by atoms with Gasteiger partial charge in [0, 0.05) is 23.1 Å². The zero-order valence-electron chi connectivity index (χ0n) is 16.7. The molecule has 0 saturated carbocycles. The first-order chi connectivity index (χ1) is 14.4. The van der Waals surface area contributed by atoms with Crippen molar-refractivity contribution in [2.24, 2.45) is 0 Å². The Labute approximate surface area is 178 Å². The molecule has 0 fully saturated rings. The zero-order chi connectivity index (χ0) is 21.3. The minimum atomic E-state index is -0.463. The van der Waals surface area contributed by atoms with Crippen LogP contribution in [0.25, 0.3) is 10.9 Å². The summed E-state index contributed by atoms with van der Waals surface area (Å²) in [6.07, 6.45) is 1.55. The number of hydrogen-bond donors (Lipinski definition) is 0. The Bertz CT molecular complexity index is 1220. The van der Waals surface area contributed by atoms with Crippen molar-refractivity contribution >= 4 is 28.4 Å². The lowest BCUT2D eigenvalue weighted by molar-refractivity contribution is 0.0717. The Morgan fingerprint density at radius 1 is 1.10 bits per heavy atom. The van der Waals surface area contributed by atoms with Gasteiger partial charge in [-0.2, -0.15) is 0 Å². The fourth-order valence-electron chi connectivity index (χ4n) is 3.58. The summed E-state index contributed by atoms with van der Waals surface area (Å²) >= 11 is 6.48. The maximum absolute atomic E-state index is 13.7. The number of nitrogens with zero attached hydrogens (tertiary/aromatic N) is 2. The van der Waals surface area contributed by atoms with Crippen LogP contribution in [0.3, 0.4) is 0 Å². The molecule has 2 aromatic carbocycles. The van der Waals surface area contributed by atoms with Crippen LogP contribution in [-0.4, -0.2) is 15.8 Å². The lowest BCUT2D eigenvalue weighted by Gasteiger charge is -2.23. The highest BCUT2D eigenvalue weighted by Gasteiger charge is 2.20. The Morgan fingerprint density at radius 2 is 1.93 bits per heavy atom. The van der Waals surface area contributed by atoms with Crippen molar-refractivity contribution in [3.8, 4) is 0 Å². The van der Waals surface area contributed by atoms with E-state index in [2.05, 4.69) is 11.1 Å². The second kappa shape index (κ2) is 8.28. The van der Waals surface area contributed by atoms with E-state index in [0.717, 1.165) is 22.0 Å². The summed E-state index contributed by atoms with van der Waals surface area (Å²) in [5.74, 6) is -0.158. The molecule has 0 spiro atoms. The molecule has 6 heteroatoms. The Kier molecular flexibility index (Phi) is 5.55. The second-order valence-electron chi connectivity index (χ2n) is 7.34. The van der Waals surface area contributed by atoms with Gasteiger partial charge in [0.25, 0.3) is 5.91 Å². The van der Waals surface area contributed by atoms with Crippen molar-refractivity contribution in [2.45, 2.75) is 26.9 Å². The first-order valence-electron chi connectivity index (χ1n) is 9.54. The van der Waals surface area contributed by atoms with Gasteiger partial charge in [-0.15, -0.1) is 0 Å². The van der Waals surface area contributed by atoms with E-state index in [0.29, 0.717) is 16.5 Å². The molecule has 0 aliphatic rings. The molecule has 0 bridgehead atoms. The molecule has 4 rings (SSSR count). The lowest BCUT2D eigenvalue weighted by atomic mass is 10.0. The lowest BCUT2D eigenvalue weighted by Crippen LogP contribution is -2.30. The molecule has 1 amide bonds. The molecule has 0 aliphatic carbocycles. The number of benzene rings is 2. The van der Waals surface area contributed by atoms with E-state index in [4.69, 9.17) is 16.0 Å². The molecule has 2 aromatic heterocycles. The van der Waals surface area contributed by atoms with Crippen molar-refractivity contribution in [1.82, 2.24) is 9.88 Å². The van der Waals surface area contributed by atoms with Crippen LogP contribution in [0.4, 0.5) is 4.39 Å². The third-order valence-corrected chi connectivity index (χ3v) is 5.25. The predicted octanol–water partition coefficient (Wildman–Crippen LogP) is 6.08. The van der Waals surface area contributed by atoms with Crippen molar-refractivity contribution in [3.63, 3.8) is 0 Å². The van der Waals surface area contributed by atoms with E-state index in [1.165, 1.54) is 18.2 Å². The van der Waals surface area contributed by atoms with E-state index >= 15 is 0 Å². The predicted molar refractivity (Wildman–Crippen MR) is 115 cm³/mol. The van der Waals surface area contributed by atoms with Crippen LogP contribution in [-0.2, 0) is 13.1 Å². The molecule has 0 unspecified atom stereocenters. The van der Waals surface area contributed by atoms with Crippen LogP contribution in [0.2, 0.25) is 5.15 Å². The summed E-state index contributed by atoms with van der Waals surface area (Å²) in [6, 6.07) is 15.3. The molecule has 0 atom stereocenters. The number of halogens is 2. The third-order valence-electron chi connectivity index (χ3n) is 4.93. The topological polar surface area (TPSA) is 46.3 Å². The fraction of sp³-hybridized carbons (Fsp3) is 0.167. The summed E-state index contributed by atoms with van der Waals surface area (Å²) in [4.78, 5) is 19.3. The minimum absolute atomic E-state index is 0.213. The van der Waals surface area contributed by atoms with Crippen LogP contribution >= 0.6 is 11.6 Å². The van der Waals surface area contributed by atoms with Gasteiger partial charge in [-0.25, -0.2) is 9.37 Å². The Balaban J connectivity index is 1.72. The summed E-state index contributed by atoms with van der Waals surface area (Å²) in [5.41, 5.74) is 3.98. The number of hydrogen-bond acceptors (Lipinski definition) is 3. The van der Waals surface area contributed by atoms with Gasteiger partial charge in [-0.1, -0.05) is 29.3 Å². The van der Waals surface area contributed by atoms with Crippen LogP contribution in [0, 0.1) is 19.7 Å². The highest BCUT2D eigenvalue weighted by Crippen LogP contribution is 2.26. The quantitative estimate of drug-likeness (QED) is 0.366. The third kappa shape index (κ3) is 4.21. The number of rotatable bonds is 5. The molecule has 30 heavy (non-hydrogen) atoms. The largest absolute Gasteiger partial charge is 0.467 e. The standard InChI is InChI=1S/C24H20ClFN2O2/c1-15-9-16(2)22-18(10-15)11-19(23(25)27-22)13-28(14-21-7-4-8-30-21)24(29)17-5-3-6-20(26)12-17/h3-12H,13-14H2,1-2H3. The highest BCUT2D eigenvalue weighted by atomic mass is 35.5. The van der Waals surface area contributed by atoms with E-state index in [1.54, 1.807) is 29.4 Å². The van der Waals surface area contributed by atoms with Crippen molar-refractivity contribution in [1.29, 1.82) is 0 Å². The molecule has 4 aromatic rings. The van der Waals surface area contributed by atoms with E-state index < -0.39 is 5.82 Å². The summed E-state index contributed by atoms with van der Waals surface area (Å²) in [6.45, 7) is 4.46. The summed E-state index contributed by atoms with van der Waals surface area (Å²) in [5, 5.41) is 1.30. The van der Waals surface area contributed by atoms with Gasteiger partial charge in [-0.3, -0.25) is 4.79 Å². The van der Waals surface area contributed by atoms with Gasteiger partial charge in [0.05, 0.1) is 18.3 Å². The first-order valence-corrected chi connectivity index (χ1v) is 9.92. The number of furan rings is 1. The van der Waals surface area contributed by atoms with Crippen molar-refractivity contribution in [2.75, 3.05) is 0 Å². The van der Waals surface area contributed by atoms with Gasteiger partial charge in [0.15, 0.2) is 0 Å². The van der Waals surface area contributed by atoms with Gasteiger partial charge in [0.2, 0.25) is 0 Å². The number of aryl methyl sites for hydroxylation is 2. The van der Waals surface area contributed by atoms with Crippen LogP contribution in [0.15, 0.2) is 65.3 Å². The van der Waals surface area contributed by atoms with Gasteiger partial charge in [-0.05, 0) is 61.9 Å². The fourth-order valence-corrected chi connectivity index (χ4v) is 3.78. The average molecular weight is 423 g/mol. The van der Waals surface area contributed by atoms with E-state index in [1.807, 2.05) is 26.0 Å². The molecule has 0 radical (unpaired) electrons. The molecule has 2 heterocycles. The van der Waals surface area contributed by atoms with Crippen LogP contribution in [0.5, 0.6) is 0 Å². The Morgan fingerprint density at radius 3 is 2.67 bits per heavy atom. The summed E-state index contributed by atoms with van der Waals surface area (Å²) < 4.78 is 19.1. The molecule has 152 valence electrons. The number of pyridine rings is 1. The molecular weight excluding hydrogens is 403 g/mol. The molecule has 0 N–H and O–H groups in total. The molecular formula is C24H20ClFN2O2. The van der Waals surface area contributed by atoms with E-state index in [9.17, 15) is 9.18 Å². The Hall–Kier alpha value is -3.18. The molecule has 0 aliphatic heterocycles. The van der Waals surface area contributed by atoms with Crippen molar-refractivity contribution < 1.29 is 13.6 Å². The maximum atomic E-state index is 13.7. The maximum Gasteiger partial charge on any atom is 0.254 e. The van der Waals surface area contributed by atoms with Gasteiger partial charge in [0.1, 0.15) is 16.7 Å². The average Bonchev–Trinajstić information content (AvgIpc) is 3.21. The monoisotopic (exact) mass is 422 g/mol. The second-order valence-corrected chi connectivity index (χ2v) is 7.70. The smallest absolute Gasteiger partial charge is 0.254 e. The minimum Gasteiger partial charge on any atom is -0.467 e. The van der Waals surface area contributed by atoms with Crippen LogP contribution in [0.1, 0.15) is 32.8 Å². The SMILES string of the molecule is Cc1cc(C)c2nc(Cl)c(CN(Cc3ccco3)C(=O)c3cccc(F)c3)cc2c1. The number of amides is 1. The van der Waals surface area contributed by atoms with E-state index in [-0.39, 0.29) is 24.6 Å². The zero-order valence-corrected chi connectivity index (χ0v) is 17.4. The highest BCUT2D eigenvalue weighted by molar-refractivity contribution is 6.30. The number of aromatic nitrogens is 1. The van der Waals surface area contributed by atoms with Crippen molar-refractivity contribution in [3.05, 3.63) is 99.8 Å². The summed E-state index contributed by atoms with van der Waals surface area (Å²) in [7, 11) is 0.